The first-order chi connectivity index (χ1) is 9.08. The van der Waals surface area contributed by atoms with Crippen molar-refractivity contribution in [2.24, 2.45) is 0 Å². The van der Waals surface area contributed by atoms with E-state index < -0.39 is 12.0 Å². The van der Waals surface area contributed by atoms with Gasteiger partial charge in [-0.1, -0.05) is 41.9 Å². The van der Waals surface area contributed by atoms with E-state index in [1.807, 2.05) is 12.1 Å². The summed E-state index contributed by atoms with van der Waals surface area (Å²) in [4.78, 5) is 11.9. The molecule has 0 heterocycles. The molecule has 0 spiro atoms. The fraction of sp³-hybridized carbons (Fsp3) is 0.0714. The van der Waals surface area contributed by atoms with Crippen LogP contribution in [0.2, 0.25) is 5.02 Å². The van der Waals surface area contributed by atoms with Crippen LogP contribution in [0.1, 0.15) is 11.7 Å². The van der Waals surface area contributed by atoms with Crippen LogP contribution in [-0.4, -0.2) is 11.0 Å². The van der Waals surface area contributed by atoms with Crippen LogP contribution in [0, 0.1) is 3.57 Å². The van der Waals surface area contributed by atoms with Gasteiger partial charge in [0.2, 0.25) is 0 Å². The summed E-state index contributed by atoms with van der Waals surface area (Å²) < 4.78 is 0.976. The van der Waals surface area contributed by atoms with Crippen LogP contribution in [0.3, 0.4) is 0 Å². The maximum Gasteiger partial charge on any atom is 0.257 e. The third-order valence-corrected chi connectivity index (χ3v) is 3.54. The minimum absolute atomic E-state index is 0.445. The molecule has 0 aliphatic heterocycles. The Kier molecular flexibility index (Phi) is 4.79. The van der Waals surface area contributed by atoms with Gasteiger partial charge in [0.1, 0.15) is 0 Å². The standard InChI is InChI=1S/C14H11ClINO2/c15-11-8-10(16)6-7-12(11)17-14(19)13(18)9-4-2-1-3-5-9/h1-8,13,18H,(H,17,19). The Bertz CT molecular complexity index is 589. The molecule has 2 N–H and O–H groups in total. The molecule has 0 aliphatic rings. The highest BCUT2D eigenvalue weighted by atomic mass is 127. The Morgan fingerprint density at radius 2 is 1.89 bits per heavy atom. The third-order valence-electron chi connectivity index (χ3n) is 2.55. The molecule has 0 saturated carbocycles. The zero-order valence-electron chi connectivity index (χ0n) is 9.81. The van der Waals surface area contributed by atoms with E-state index in [9.17, 15) is 9.90 Å². The lowest BCUT2D eigenvalue weighted by atomic mass is 10.1. The largest absolute Gasteiger partial charge is 0.378 e. The fourth-order valence-electron chi connectivity index (χ4n) is 1.58. The van der Waals surface area contributed by atoms with Crippen molar-refractivity contribution in [2.45, 2.75) is 6.10 Å². The van der Waals surface area contributed by atoms with E-state index >= 15 is 0 Å². The topological polar surface area (TPSA) is 49.3 Å². The summed E-state index contributed by atoms with van der Waals surface area (Å²) in [5.74, 6) is -0.505. The van der Waals surface area contributed by atoms with Gasteiger partial charge in [-0.25, -0.2) is 0 Å². The zero-order valence-corrected chi connectivity index (χ0v) is 12.7. The number of benzene rings is 2. The van der Waals surface area contributed by atoms with Gasteiger partial charge >= 0.3 is 0 Å². The van der Waals surface area contributed by atoms with Gasteiger partial charge in [0.05, 0.1) is 10.7 Å². The predicted molar refractivity (Wildman–Crippen MR) is 84.2 cm³/mol. The molecule has 98 valence electrons. The molecule has 1 unspecified atom stereocenters. The first kappa shape index (κ1) is 14.3. The number of nitrogens with one attached hydrogen (secondary N) is 1. The molecule has 2 aromatic rings. The summed E-state index contributed by atoms with van der Waals surface area (Å²) >= 11 is 8.16. The van der Waals surface area contributed by atoms with Crippen molar-refractivity contribution >= 4 is 45.8 Å². The minimum Gasteiger partial charge on any atom is -0.378 e. The molecule has 0 saturated heterocycles. The normalized spacial score (nSPS) is 11.9. The number of hydrogen-bond acceptors (Lipinski definition) is 2. The number of rotatable bonds is 3. The zero-order chi connectivity index (χ0) is 13.8. The van der Waals surface area contributed by atoms with E-state index in [-0.39, 0.29) is 0 Å². The predicted octanol–water partition coefficient (Wildman–Crippen LogP) is 3.62. The summed E-state index contributed by atoms with van der Waals surface area (Å²) in [7, 11) is 0. The monoisotopic (exact) mass is 387 g/mol. The molecule has 0 fully saturated rings. The second kappa shape index (κ2) is 6.36. The summed E-state index contributed by atoms with van der Waals surface area (Å²) in [6.07, 6.45) is -1.21. The molecule has 19 heavy (non-hydrogen) atoms. The highest BCUT2D eigenvalue weighted by Crippen LogP contribution is 2.25. The number of halogens is 2. The van der Waals surface area contributed by atoms with Crippen molar-refractivity contribution in [2.75, 3.05) is 5.32 Å². The second-order valence-electron chi connectivity index (χ2n) is 3.93. The first-order valence-electron chi connectivity index (χ1n) is 5.57. The van der Waals surface area contributed by atoms with Crippen LogP contribution in [0.25, 0.3) is 0 Å². The lowest BCUT2D eigenvalue weighted by Crippen LogP contribution is -2.20. The summed E-state index contributed by atoms with van der Waals surface area (Å²) in [5.41, 5.74) is 1.03. The molecule has 0 radical (unpaired) electrons. The average Bonchev–Trinajstić information content (AvgIpc) is 2.42. The van der Waals surface area contributed by atoms with Gasteiger partial charge in [-0.05, 0) is 46.4 Å². The van der Waals surface area contributed by atoms with E-state index in [0.717, 1.165) is 3.57 Å². The Labute approximate surface area is 129 Å². The van der Waals surface area contributed by atoms with Crippen molar-refractivity contribution in [3.63, 3.8) is 0 Å². The number of anilines is 1. The van der Waals surface area contributed by atoms with Crippen molar-refractivity contribution in [3.8, 4) is 0 Å². The van der Waals surface area contributed by atoms with E-state index in [2.05, 4.69) is 27.9 Å². The highest BCUT2D eigenvalue weighted by Gasteiger charge is 2.17. The molecule has 2 aromatic carbocycles. The number of amides is 1. The Balaban J connectivity index is 2.13. The minimum atomic E-state index is -1.21. The summed E-state index contributed by atoms with van der Waals surface area (Å²) in [6.45, 7) is 0. The maximum absolute atomic E-state index is 11.9. The number of carbonyl (C=O) groups is 1. The number of carbonyl (C=O) groups excluding carboxylic acids is 1. The lowest BCUT2D eigenvalue weighted by molar-refractivity contribution is -0.124. The molecule has 3 nitrogen and oxygen atoms in total. The quantitative estimate of drug-likeness (QED) is 0.791. The molecule has 0 bridgehead atoms. The molecule has 5 heteroatoms. The maximum atomic E-state index is 11.9. The number of hydrogen-bond donors (Lipinski definition) is 2. The van der Waals surface area contributed by atoms with Crippen molar-refractivity contribution in [1.29, 1.82) is 0 Å². The van der Waals surface area contributed by atoms with E-state index in [4.69, 9.17) is 11.6 Å². The van der Waals surface area contributed by atoms with Gasteiger partial charge < -0.3 is 10.4 Å². The van der Waals surface area contributed by atoms with Crippen LogP contribution in [-0.2, 0) is 4.79 Å². The molecule has 1 atom stereocenters. The average molecular weight is 388 g/mol. The van der Waals surface area contributed by atoms with Gasteiger partial charge in [0, 0.05) is 3.57 Å². The van der Waals surface area contributed by atoms with Gasteiger partial charge in [-0.2, -0.15) is 0 Å². The van der Waals surface area contributed by atoms with Crippen LogP contribution in [0.5, 0.6) is 0 Å². The van der Waals surface area contributed by atoms with Gasteiger partial charge in [-0.15, -0.1) is 0 Å². The van der Waals surface area contributed by atoms with Crippen LogP contribution in [0.4, 0.5) is 5.69 Å². The van der Waals surface area contributed by atoms with Crippen LogP contribution in [0.15, 0.2) is 48.5 Å². The smallest absolute Gasteiger partial charge is 0.257 e. The van der Waals surface area contributed by atoms with Gasteiger partial charge in [-0.3, -0.25) is 4.79 Å². The molecule has 0 aliphatic carbocycles. The third kappa shape index (κ3) is 3.68. The molecular weight excluding hydrogens is 377 g/mol. The lowest BCUT2D eigenvalue weighted by Gasteiger charge is -2.12. The number of aliphatic hydroxyl groups is 1. The Hall–Kier alpha value is -1.11. The SMILES string of the molecule is O=C(Nc1ccc(I)cc1Cl)C(O)c1ccccc1. The van der Waals surface area contributed by atoms with Crippen molar-refractivity contribution in [1.82, 2.24) is 0 Å². The van der Waals surface area contributed by atoms with Crippen molar-refractivity contribution in [3.05, 3.63) is 62.7 Å². The van der Waals surface area contributed by atoms with Crippen molar-refractivity contribution < 1.29 is 9.90 Å². The van der Waals surface area contributed by atoms with Gasteiger partial charge in [0.15, 0.2) is 6.10 Å². The molecular formula is C14H11ClINO2. The molecule has 2 rings (SSSR count). The summed E-state index contributed by atoms with van der Waals surface area (Å²) in [5, 5.41) is 13.0. The molecule has 0 aromatic heterocycles. The second-order valence-corrected chi connectivity index (χ2v) is 5.58. The van der Waals surface area contributed by atoms with E-state index in [0.29, 0.717) is 16.3 Å². The van der Waals surface area contributed by atoms with Gasteiger partial charge in [0.25, 0.3) is 5.91 Å². The van der Waals surface area contributed by atoms with Crippen LogP contribution >= 0.6 is 34.2 Å². The summed E-state index contributed by atoms with van der Waals surface area (Å²) in [6, 6.07) is 14.0. The molecule has 1 amide bonds. The van der Waals surface area contributed by atoms with E-state index in [1.54, 1.807) is 36.4 Å². The van der Waals surface area contributed by atoms with E-state index in [1.165, 1.54) is 0 Å². The Morgan fingerprint density at radius 3 is 2.53 bits per heavy atom. The highest BCUT2D eigenvalue weighted by molar-refractivity contribution is 14.1. The first-order valence-corrected chi connectivity index (χ1v) is 7.02. The number of aliphatic hydroxyl groups excluding tert-OH is 1. The van der Waals surface area contributed by atoms with Crippen LogP contribution < -0.4 is 5.32 Å². The fourth-order valence-corrected chi connectivity index (χ4v) is 2.48. The Morgan fingerprint density at radius 1 is 1.21 bits per heavy atom.